The number of Topliss-reactive ketones (excluding diaryl/α,β-unsaturated/α-hetero) is 1. The van der Waals surface area contributed by atoms with Gasteiger partial charge in [-0.1, -0.05) is 12.8 Å². The van der Waals surface area contributed by atoms with Crippen LogP contribution in [0.25, 0.3) is 0 Å². The second-order valence-corrected chi connectivity index (χ2v) is 4.04. The van der Waals surface area contributed by atoms with Gasteiger partial charge in [0.05, 0.1) is 0 Å². The Kier molecular flexibility index (Phi) is 3.73. The lowest BCUT2D eigenvalue weighted by Crippen LogP contribution is -2.23. The van der Waals surface area contributed by atoms with Crippen LogP contribution in [0.15, 0.2) is 0 Å². The topological polar surface area (TPSA) is 43.1 Å². The first-order valence-corrected chi connectivity index (χ1v) is 4.92. The summed E-state index contributed by atoms with van der Waals surface area (Å²) in [5, 5.41) is 0. The summed E-state index contributed by atoms with van der Waals surface area (Å²) >= 11 is 0. The summed E-state index contributed by atoms with van der Waals surface area (Å²) in [6, 6.07) is 0. The summed E-state index contributed by atoms with van der Waals surface area (Å²) in [6.07, 6.45) is 5.72. The van der Waals surface area contributed by atoms with Crippen molar-refractivity contribution in [1.82, 2.24) is 0 Å². The monoisotopic (exact) mass is 169 g/mol. The number of carbonyl (C=O) groups excluding carboxylic acids is 1. The Hall–Kier alpha value is -0.370. The van der Waals surface area contributed by atoms with Crippen molar-refractivity contribution in [2.45, 2.75) is 39.0 Å². The second-order valence-electron chi connectivity index (χ2n) is 4.04. The van der Waals surface area contributed by atoms with E-state index in [2.05, 4.69) is 0 Å². The average Bonchev–Trinajstić information content (AvgIpc) is 2.03. The van der Waals surface area contributed by atoms with Crippen LogP contribution >= 0.6 is 0 Å². The summed E-state index contributed by atoms with van der Waals surface area (Å²) in [4.78, 5) is 10.9. The van der Waals surface area contributed by atoms with E-state index in [0.717, 1.165) is 13.0 Å². The average molecular weight is 169 g/mol. The molecule has 0 bridgehead atoms. The van der Waals surface area contributed by atoms with Gasteiger partial charge in [0.1, 0.15) is 5.78 Å². The van der Waals surface area contributed by atoms with E-state index in [4.69, 9.17) is 5.73 Å². The van der Waals surface area contributed by atoms with Crippen LogP contribution in [0, 0.1) is 11.8 Å². The fourth-order valence-electron chi connectivity index (χ4n) is 2.21. The number of hydrogen-bond donors (Lipinski definition) is 1. The third-order valence-electron chi connectivity index (χ3n) is 2.80. The maximum atomic E-state index is 10.9. The van der Waals surface area contributed by atoms with Crippen LogP contribution in [-0.4, -0.2) is 12.3 Å². The Morgan fingerprint density at radius 1 is 1.42 bits per heavy atom. The standard InChI is InChI=1S/C10H19NO/c1-8(12)5-9-3-2-4-10(6-9)7-11/h9-10H,2-7,11H2,1H3/t9-,10+/m1/s1. The molecule has 0 aliphatic heterocycles. The highest BCUT2D eigenvalue weighted by Crippen LogP contribution is 2.30. The van der Waals surface area contributed by atoms with E-state index in [1.807, 2.05) is 0 Å². The van der Waals surface area contributed by atoms with Crippen LogP contribution in [0.5, 0.6) is 0 Å². The van der Waals surface area contributed by atoms with Crippen molar-refractivity contribution >= 4 is 5.78 Å². The number of ketones is 1. The van der Waals surface area contributed by atoms with E-state index in [0.29, 0.717) is 17.6 Å². The zero-order chi connectivity index (χ0) is 8.97. The highest BCUT2D eigenvalue weighted by molar-refractivity contribution is 5.75. The van der Waals surface area contributed by atoms with Gasteiger partial charge in [-0.05, 0) is 38.1 Å². The minimum atomic E-state index is 0.331. The fraction of sp³-hybridized carbons (Fsp3) is 0.900. The lowest BCUT2D eigenvalue weighted by molar-refractivity contribution is -0.118. The van der Waals surface area contributed by atoms with Crippen LogP contribution < -0.4 is 5.73 Å². The minimum absolute atomic E-state index is 0.331. The van der Waals surface area contributed by atoms with Gasteiger partial charge in [-0.25, -0.2) is 0 Å². The smallest absolute Gasteiger partial charge is 0.130 e. The molecule has 0 unspecified atom stereocenters. The Morgan fingerprint density at radius 2 is 2.08 bits per heavy atom. The summed E-state index contributed by atoms with van der Waals surface area (Å²) in [7, 11) is 0. The summed E-state index contributed by atoms with van der Waals surface area (Å²) in [5.41, 5.74) is 5.61. The van der Waals surface area contributed by atoms with Crippen LogP contribution in [0.1, 0.15) is 39.0 Å². The maximum absolute atomic E-state index is 10.9. The molecule has 2 atom stereocenters. The Labute approximate surface area is 74.5 Å². The van der Waals surface area contributed by atoms with Gasteiger partial charge in [0, 0.05) is 6.42 Å². The van der Waals surface area contributed by atoms with Gasteiger partial charge in [0.25, 0.3) is 0 Å². The molecule has 1 saturated carbocycles. The number of rotatable bonds is 3. The summed E-state index contributed by atoms with van der Waals surface area (Å²) in [6.45, 7) is 2.49. The first-order valence-electron chi connectivity index (χ1n) is 4.92. The van der Waals surface area contributed by atoms with Crippen molar-refractivity contribution in [3.63, 3.8) is 0 Å². The molecule has 70 valence electrons. The molecule has 0 heterocycles. The number of carbonyl (C=O) groups is 1. The van der Waals surface area contributed by atoms with Gasteiger partial charge in [-0.2, -0.15) is 0 Å². The Balaban J connectivity index is 2.30. The predicted octanol–water partition coefficient (Wildman–Crippen LogP) is 1.73. The normalized spacial score (nSPS) is 30.2. The van der Waals surface area contributed by atoms with Crippen LogP contribution in [0.2, 0.25) is 0 Å². The third-order valence-corrected chi connectivity index (χ3v) is 2.80. The molecule has 1 fully saturated rings. The molecule has 2 nitrogen and oxygen atoms in total. The van der Waals surface area contributed by atoms with Gasteiger partial charge < -0.3 is 10.5 Å². The van der Waals surface area contributed by atoms with Gasteiger partial charge in [0.15, 0.2) is 0 Å². The molecular formula is C10H19NO. The molecule has 0 amide bonds. The molecule has 0 aromatic carbocycles. The summed E-state index contributed by atoms with van der Waals surface area (Å²) < 4.78 is 0. The molecule has 0 radical (unpaired) electrons. The van der Waals surface area contributed by atoms with Crippen molar-refractivity contribution in [3.05, 3.63) is 0 Å². The molecule has 1 aliphatic rings. The van der Waals surface area contributed by atoms with E-state index in [1.165, 1.54) is 25.7 Å². The molecular weight excluding hydrogens is 150 g/mol. The highest BCUT2D eigenvalue weighted by atomic mass is 16.1. The molecule has 1 rings (SSSR count). The summed E-state index contributed by atoms with van der Waals surface area (Å²) in [5.74, 6) is 1.64. The molecule has 0 spiro atoms. The zero-order valence-corrected chi connectivity index (χ0v) is 7.88. The first kappa shape index (κ1) is 9.72. The molecule has 2 heteroatoms. The molecule has 0 aromatic heterocycles. The van der Waals surface area contributed by atoms with E-state index < -0.39 is 0 Å². The number of nitrogens with two attached hydrogens (primary N) is 1. The molecule has 0 saturated heterocycles. The minimum Gasteiger partial charge on any atom is -0.330 e. The van der Waals surface area contributed by atoms with E-state index >= 15 is 0 Å². The predicted molar refractivity (Wildman–Crippen MR) is 49.8 cm³/mol. The number of hydrogen-bond acceptors (Lipinski definition) is 2. The Morgan fingerprint density at radius 3 is 2.67 bits per heavy atom. The molecule has 1 aliphatic carbocycles. The fourth-order valence-corrected chi connectivity index (χ4v) is 2.21. The lowest BCUT2D eigenvalue weighted by atomic mass is 9.79. The van der Waals surface area contributed by atoms with Crippen molar-refractivity contribution in [3.8, 4) is 0 Å². The van der Waals surface area contributed by atoms with Gasteiger partial charge in [-0.15, -0.1) is 0 Å². The second kappa shape index (κ2) is 4.61. The van der Waals surface area contributed by atoms with Crippen molar-refractivity contribution in [1.29, 1.82) is 0 Å². The Bertz CT molecular complexity index is 156. The lowest BCUT2D eigenvalue weighted by Gasteiger charge is -2.27. The highest BCUT2D eigenvalue weighted by Gasteiger charge is 2.21. The van der Waals surface area contributed by atoms with Crippen LogP contribution in [-0.2, 0) is 4.79 Å². The van der Waals surface area contributed by atoms with Gasteiger partial charge in [0.2, 0.25) is 0 Å². The van der Waals surface area contributed by atoms with Crippen LogP contribution in [0.4, 0.5) is 0 Å². The quantitative estimate of drug-likeness (QED) is 0.699. The van der Waals surface area contributed by atoms with E-state index in [1.54, 1.807) is 6.92 Å². The first-order chi connectivity index (χ1) is 5.72. The molecule has 2 N–H and O–H groups in total. The largest absolute Gasteiger partial charge is 0.330 e. The van der Waals surface area contributed by atoms with Crippen molar-refractivity contribution < 1.29 is 4.79 Å². The zero-order valence-electron chi connectivity index (χ0n) is 7.88. The maximum Gasteiger partial charge on any atom is 0.130 e. The van der Waals surface area contributed by atoms with Crippen molar-refractivity contribution in [2.24, 2.45) is 17.6 Å². The molecule has 12 heavy (non-hydrogen) atoms. The third kappa shape index (κ3) is 2.94. The molecule has 0 aromatic rings. The van der Waals surface area contributed by atoms with Gasteiger partial charge in [-0.3, -0.25) is 0 Å². The van der Waals surface area contributed by atoms with Crippen LogP contribution in [0.3, 0.4) is 0 Å². The van der Waals surface area contributed by atoms with Crippen molar-refractivity contribution in [2.75, 3.05) is 6.54 Å². The SMILES string of the molecule is CC(=O)C[C@H]1CCC[C@H](CN)C1. The van der Waals surface area contributed by atoms with E-state index in [9.17, 15) is 4.79 Å². The van der Waals surface area contributed by atoms with Gasteiger partial charge >= 0.3 is 0 Å². The van der Waals surface area contributed by atoms with E-state index in [-0.39, 0.29) is 0 Å².